The molecule has 0 amide bonds. The van der Waals surface area contributed by atoms with Gasteiger partial charge in [-0.05, 0) is 48.8 Å². The molecule has 0 atom stereocenters. The largest absolute Gasteiger partial charge is 0.356 e. The highest BCUT2D eigenvalue weighted by atomic mass is 127. The first kappa shape index (κ1) is 24.2. The molecule has 0 bridgehead atoms. The van der Waals surface area contributed by atoms with Crippen molar-refractivity contribution in [2.75, 3.05) is 26.4 Å². The molecule has 1 aromatic rings. The van der Waals surface area contributed by atoms with Crippen molar-refractivity contribution in [1.82, 2.24) is 10.6 Å². The Labute approximate surface area is 181 Å². The quantitative estimate of drug-likeness (QED) is 0.336. The van der Waals surface area contributed by atoms with Gasteiger partial charge in [-0.15, -0.1) is 24.0 Å². The first-order valence-electron chi connectivity index (χ1n) is 9.66. The summed E-state index contributed by atoms with van der Waals surface area (Å²) < 4.78 is 23.0. The van der Waals surface area contributed by atoms with Gasteiger partial charge in [0.15, 0.2) is 15.8 Å². The maximum absolute atomic E-state index is 11.5. The molecule has 0 unspecified atom stereocenters. The molecule has 0 aromatic heterocycles. The Bertz CT molecular complexity index is 682. The Hall–Kier alpha value is -0.830. The second-order valence-corrected chi connectivity index (χ2v) is 9.36. The molecule has 2 rings (SSSR count). The Kier molecular flexibility index (Phi) is 10.7. The lowest BCUT2D eigenvalue weighted by atomic mass is 9.81. The van der Waals surface area contributed by atoms with E-state index in [1.807, 2.05) is 12.1 Å². The highest BCUT2D eigenvalue weighted by Crippen LogP contribution is 2.30. The van der Waals surface area contributed by atoms with Crippen molar-refractivity contribution < 1.29 is 8.42 Å². The summed E-state index contributed by atoms with van der Waals surface area (Å²) in [6, 6.07) is 7.09. The average Bonchev–Trinajstić information content (AvgIpc) is 2.64. The maximum Gasteiger partial charge on any atom is 0.190 e. The van der Waals surface area contributed by atoms with Gasteiger partial charge in [0.1, 0.15) is 0 Å². The zero-order chi connectivity index (χ0) is 19.0. The smallest absolute Gasteiger partial charge is 0.190 e. The minimum absolute atomic E-state index is 0. The second kappa shape index (κ2) is 11.9. The highest BCUT2D eigenvalue weighted by Gasteiger charge is 2.19. The second-order valence-electron chi connectivity index (χ2n) is 7.34. The van der Waals surface area contributed by atoms with Crippen molar-refractivity contribution in [2.24, 2.45) is 16.8 Å². The van der Waals surface area contributed by atoms with E-state index in [9.17, 15) is 8.42 Å². The summed E-state index contributed by atoms with van der Waals surface area (Å²) in [7, 11) is -1.33. The van der Waals surface area contributed by atoms with Crippen LogP contribution in [0.15, 0.2) is 34.2 Å². The fourth-order valence-corrected chi connectivity index (χ4v) is 4.16. The molecular weight excluding hydrogens is 473 g/mol. The first-order chi connectivity index (χ1) is 12.4. The SMILES string of the molecule is CCC1CCC(CNC(=NC)NCCc2ccc(S(C)(=O)=O)cc2)CC1.I. The van der Waals surface area contributed by atoms with Crippen molar-refractivity contribution in [3.8, 4) is 0 Å². The lowest BCUT2D eigenvalue weighted by molar-refractivity contribution is 0.269. The number of hydrogen-bond donors (Lipinski definition) is 2. The van der Waals surface area contributed by atoms with Crippen LogP contribution in [0, 0.1) is 11.8 Å². The minimum Gasteiger partial charge on any atom is -0.356 e. The number of nitrogens with zero attached hydrogens (tertiary/aromatic N) is 1. The number of rotatable bonds is 7. The van der Waals surface area contributed by atoms with Crippen LogP contribution in [0.1, 0.15) is 44.6 Å². The van der Waals surface area contributed by atoms with Crippen LogP contribution in [-0.4, -0.2) is 40.8 Å². The third kappa shape index (κ3) is 8.37. The molecule has 154 valence electrons. The number of guanidine groups is 1. The van der Waals surface area contributed by atoms with Gasteiger partial charge >= 0.3 is 0 Å². The number of nitrogens with one attached hydrogen (secondary N) is 2. The minimum atomic E-state index is -3.13. The molecule has 2 N–H and O–H groups in total. The van der Waals surface area contributed by atoms with E-state index in [1.54, 1.807) is 19.2 Å². The van der Waals surface area contributed by atoms with Crippen molar-refractivity contribution in [3.63, 3.8) is 0 Å². The van der Waals surface area contributed by atoms with Crippen LogP contribution in [0.5, 0.6) is 0 Å². The van der Waals surface area contributed by atoms with E-state index in [1.165, 1.54) is 38.4 Å². The van der Waals surface area contributed by atoms with Crippen LogP contribution in [-0.2, 0) is 16.3 Å². The van der Waals surface area contributed by atoms with Gasteiger partial charge in [0.05, 0.1) is 4.90 Å². The zero-order valence-electron chi connectivity index (χ0n) is 16.7. The first-order valence-corrected chi connectivity index (χ1v) is 11.5. The predicted octanol–water partition coefficient (Wildman–Crippen LogP) is 3.63. The molecule has 1 aromatic carbocycles. The van der Waals surface area contributed by atoms with Crippen LogP contribution < -0.4 is 10.6 Å². The van der Waals surface area contributed by atoms with Crippen LogP contribution in [0.25, 0.3) is 0 Å². The summed E-state index contributed by atoms with van der Waals surface area (Å²) in [5.41, 5.74) is 1.11. The Morgan fingerprint density at radius 3 is 2.19 bits per heavy atom. The third-order valence-electron chi connectivity index (χ3n) is 5.38. The molecular formula is C20H34IN3O2S. The molecule has 1 saturated carbocycles. The molecule has 0 aliphatic heterocycles. The Morgan fingerprint density at radius 1 is 1.07 bits per heavy atom. The fourth-order valence-electron chi connectivity index (χ4n) is 3.53. The molecule has 0 spiro atoms. The molecule has 27 heavy (non-hydrogen) atoms. The number of benzene rings is 1. The lowest BCUT2D eigenvalue weighted by Crippen LogP contribution is -2.41. The zero-order valence-corrected chi connectivity index (χ0v) is 19.8. The third-order valence-corrected chi connectivity index (χ3v) is 6.51. The van der Waals surface area contributed by atoms with Gasteiger partial charge in [0.25, 0.3) is 0 Å². The van der Waals surface area contributed by atoms with Gasteiger partial charge in [-0.25, -0.2) is 8.42 Å². The molecule has 5 nitrogen and oxygen atoms in total. The number of hydrogen-bond acceptors (Lipinski definition) is 3. The average molecular weight is 507 g/mol. The molecule has 7 heteroatoms. The van der Waals surface area contributed by atoms with Gasteiger partial charge in [0, 0.05) is 26.4 Å². The Morgan fingerprint density at radius 2 is 1.67 bits per heavy atom. The summed E-state index contributed by atoms with van der Waals surface area (Å²) in [5, 5.41) is 6.79. The fraction of sp³-hybridized carbons (Fsp3) is 0.650. The summed E-state index contributed by atoms with van der Waals surface area (Å²) in [6.07, 6.45) is 8.72. The predicted molar refractivity (Wildman–Crippen MR) is 124 cm³/mol. The molecule has 1 aliphatic carbocycles. The summed E-state index contributed by atoms with van der Waals surface area (Å²) in [6.45, 7) is 4.05. The van der Waals surface area contributed by atoms with E-state index >= 15 is 0 Å². The summed E-state index contributed by atoms with van der Waals surface area (Å²) in [5.74, 6) is 2.52. The van der Waals surface area contributed by atoms with E-state index in [0.717, 1.165) is 42.9 Å². The van der Waals surface area contributed by atoms with Crippen molar-refractivity contribution in [1.29, 1.82) is 0 Å². The van der Waals surface area contributed by atoms with Crippen LogP contribution >= 0.6 is 24.0 Å². The van der Waals surface area contributed by atoms with Gasteiger partial charge in [0.2, 0.25) is 0 Å². The van der Waals surface area contributed by atoms with Crippen molar-refractivity contribution >= 4 is 39.8 Å². The van der Waals surface area contributed by atoms with Crippen molar-refractivity contribution in [3.05, 3.63) is 29.8 Å². The van der Waals surface area contributed by atoms with Gasteiger partial charge in [-0.2, -0.15) is 0 Å². The van der Waals surface area contributed by atoms with E-state index in [0.29, 0.717) is 4.90 Å². The van der Waals surface area contributed by atoms with Gasteiger partial charge in [-0.3, -0.25) is 4.99 Å². The lowest BCUT2D eigenvalue weighted by Gasteiger charge is -2.28. The molecule has 0 radical (unpaired) electrons. The molecule has 1 fully saturated rings. The maximum atomic E-state index is 11.5. The summed E-state index contributed by atoms with van der Waals surface area (Å²) >= 11 is 0. The normalized spacial score (nSPS) is 20.6. The van der Waals surface area contributed by atoms with E-state index in [4.69, 9.17) is 0 Å². The number of sulfone groups is 1. The van der Waals surface area contributed by atoms with Crippen LogP contribution in [0.3, 0.4) is 0 Å². The van der Waals surface area contributed by atoms with E-state index in [-0.39, 0.29) is 24.0 Å². The number of halogens is 1. The Balaban J connectivity index is 0.00000364. The van der Waals surface area contributed by atoms with Gasteiger partial charge < -0.3 is 10.6 Å². The van der Waals surface area contributed by atoms with Crippen LogP contribution in [0.4, 0.5) is 0 Å². The van der Waals surface area contributed by atoms with E-state index in [2.05, 4.69) is 22.5 Å². The standard InChI is InChI=1S/C20H33N3O2S.HI/c1-4-16-5-7-18(8-6-16)15-23-20(21-2)22-14-13-17-9-11-19(12-10-17)26(3,24)25;/h9-12,16,18H,4-8,13-15H2,1-3H3,(H2,21,22,23);1H. The van der Waals surface area contributed by atoms with Gasteiger partial charge in [-0.1, -0.05) is 38.3 Å². The molecule has 1 aliphatic rings. The van der Waals surface area contributed by atoms with Crippen molar-refractivity contribution in [2.45, 2.75) is 50.3 Å². The monoisotopic (exact) mass is 507 g/mol. The number of aliphatic imine (C=N–C) groups is 1. The topological polar surface area (TPSA) is 70.6 Å². The van der Waals surface area contributed by atoms with Crippen LogP contribution in [0.2, 0.25) is 0 Å². The summed E-state index contributed by atoms with van der Waals surface area (Å²) in [4.78, 5) is 4.66. The molecule has 0 heterocycles. The molecule has 0 saturated heterocycles. The van der Waals surface area contributed by atoms with E-state index < -0.39 is 9.84 Å². The highest BCUT2D eigenvalue weighted by molar-refractivity contribution is 14.0.